The van der Waals surface area contributed by atoms with Crippen molar-refractivity contribution in [3.63, 3.8) is 0 Å². The van der Waals surface area contributed by atoms with Crippen LogP contribution in [0.15, 0.2) is 66.9 Å². The monoisotopic (exact) mass is 395 g/mol. The first kappa shape index (κ1) is 19.4. The summed E-state index contributed by atoms with van der Waals surface area (Å²) in [6.07, 6.45) is 1.49. The van der Waals surface area contributed by atoms with E-state index in [1.165, 1.54) is 13.3 Å². The molecule has 2 N–H and O–H groups in total. The van der Waals surface area contributed by atoms with Gasteiger partial charge in [-0.15, -0.1) is 0 Å². The number of amides is 1. The van der Waals surface area contributed by atoms with Crippen molar-refractivity contribution in [2.75, 3.05) is 12.4 Å². The second kappa shape index (κ2) is 9.01. The summed E-state index contributed by atoms with van der Waals surface area (Å²) in [5, 5.41) is 6.54. The summed E-state index contributed by atoms with van der Waals surface area (Å²) in [6, 6.07) is 17.5. The number of anilines is 2. The molecule has 3 aromatic rings. The number of rotatable bonds is 6. The maximum Gasteiger partial charge on any atom is 0.337 e. The third-order valence-corrected chi connectivity index (χ3v) is 4.37. The highest BCUT2D eigenvalue weighted by Crippen LogP contribution is 2.17. The fourth-order valence-electron chi connectivity index (χ4n) is 2.48. The highest BCUT2D eigenvalue weighted by atomic mass is 35.5. The average molecular weight is 396 g/mol. The van der Waals surface area contributed by atoms with Crippen LogP contribution in [0.1, 0.15) is 26.3 Å². The topological polar surface area (TPSA) is 80.3 Å². The van der Waals surface area contributed by atoms with E-state index >= 15 is 0 Å². The first-order valence-corrected chi connectivity index (χ1v) is 8.87. The van der Waals surface area contributed by atoms with Gasteiger partial charge in [0.25, 0.3) is 5.91 Å². The van der Waals surface area contributed by atoms with E-state index in [1.807, 2.05) is 18.2 Å². The molecule has 0 spiro atoms. The summed E-state index contributed by atoms with van der Waals surface area (Å²) in [4.78, 5) is 28.0. The number of benzene rings is 2. The van der Waals surface area contributed by atoms with Gasteiger partial charge in [-0.3, -0.25) is 4.79 Å². The second-order valence-electron chi connectivity index (χ2n) is 5.90. The second-order valence-corrected chi connectivity index (χ2v) is 6.31. The molecule has 1 amide bonds. The quantitative estimate of drug-likeness (QED) is 0.611. The number of methoxy groups -OCH3 is 1. The van der Waals surface area contributed by atoms with Crippen LogP contribution >= 0.6 is 11.6 Å². The van der Waals surface area contributed by atoms with E-state index in [4.69, 9.17) is 11.6 Å². The Labute approximate surface area is 167 Å². The lowest BCUT2D eigenvalue weighted by atomic mass is 10.2. The van der Waals surface area contributed by atoms with E-state index in [0.717, 1.165) is 11.3 Å². The molecule has 1 aromatic heterocycles. The van der Waals surface area contributed by atoms with Crippen LogP contribution in [0.4, 0.5) is 11.5 Å². The standard InChI is InChI=1S/C21H18ClN3O3/c1-28-21(27)14-6-9-17(10-7-14)25-19-11-8-16(13-23-19)20(26)24-12-15-4-2-3-5-18(15)22/h2-11,13H,12H2,1H3,(H,23,25)(H,24,26). The highest BCUT2D eigenvalue weighted by Gasteiger charge is 2.08. The number of carbonyl (C=O) groups is 2. The summed E-state index contributed by atoms with van der Waals surface area (Å²) in [5.74, 6) is -0.0493. The molecule has 28 heavy (non-hydrogen) atoms. The molecule has 6 nitrogen and oxygen atoms in total. The predicted molar refractivity (Wildman–Crippen MR) is 108 cm³/mol. The van der Waals surface area contributed by atoms with E-state index < -0.39 is 5.97 Å². The maximum atomic E-state index is 12.3. The first-order chi connectivity index (χ1) is 13.6. The summed E-state index contributed by atoms with van der Waals surface area (Å²) < 4.78 is 4.67. The molecule has 7 heteroatoms. The molecule has 0 fully saturated rings. The fourth-order valence-corrected chi connectivity index (χ4v) is 2.68. The van der Waals surface area contributed by atoms with Crippen molar-refractivity contribution in [3.05, 3.63) is 88.6 Å². The molecule has 2 aromatic carbocycles. The Morgan fingerprint density at radius 3 is 2.36 bits per heavy atom. The molecule has 0 aliphatic rings. The van der Waals surface area contributed by atoms with Crippen molar-refractivity contribution in [2.45, 2.75) is 6.54 Å². The smallest absolute Gasteiger partial charge is 0.337 e. The van der Waals surface area contributed by atoms with Gasteiger partial charge in [0.1, 0.15) is 5.82 Å². The lowest BCUT2D eigenvalue weighted by Crippen LogP contribution is -2.23. The SMILES string of the molecule is COC(=O)c1ccc(Nc2ccc(C(=O)NCc3ccccc3Cl)cn2)cc1. The zero-order valence-corrected chi connectivity index (χ0v) is 15.9. The van der Waals surface area contributed by atoms with Crippen molar-refractivity contribution < 1.29 is 14.3 Å². The van der Waals surface area contributed by atoms with Gasteiger partial charge in [0.2, 0.25) is 0 Å². The zero-order chi connectivity index (χ0) is 19.9. The number of hydrogen-bond donors (Lipinski definition) is 2. The van der Waals surface area contributed by atoms with Crippen molar-refractivity contribution in [3.8, 4) is 0 Å². The summed E-state index contributed by atoms with van der Waals surface area (Å²) in [7, 11) is 1.34. The minimum atomic E-state index is -0.392. The molecule has 0 aliphatic heterocycles. The summed E-state index contributed by atoms with van der Waals surface area (Å²) in [6.45, 7) is 0.338. The van der Waals surface area contributed by atoms with Crippen LogP contribution in [0.25, 0.3) is 0 Å². The molecule has 142 valence electrons. The number of ether oxygens (including phenoxy) is 1. The average Bonchev–Trinajstić information content (AvgIpc) is 2.73. The molecule has 0 saturated carbocycles. The van der Waals surface area contributed by atoms with Gasteiger partial charge in [-0.25, -0.2) is 9.78 Å². The fraction of sp³-hybridized carbons (Fsp3) is 0.0952. The van der Waals surface area contributed by atoms with Gasteiger partial charge < -0.3 is 15.4 Å². The van der Waals surface area contributed by atoms with Gasteiger partial charge in [-0.2, -0.15) is 0 Å². The third kappa shape index (κ3) is 4.86. The molecule has 0 atom stereocenters. The van der Waals surface area contributed by atoms with Gasteiger partial charge in [-0.1, -0.05) is 29.8 Å². The van der Waals surface area contributed by atoms with Gasteiger partial charge >= 0.3 is 5.97 Å². The molecule has 0 bridgehead atoms. The normalized spacial score (nSPS) is 10.2. The molecular formula is C21H18ClN3O3. The maximum absolute atomic E-state index is 12.3. The van der Waals surface area contributed by atoms with Crippen LogP contribution in [0.3, 0.4) is 0 Å². The summed E-state index contributed by atoms with van der Waals surface area (Å²) in [5.41, 5.74) is 2.51. The minimum Gasteiger partial charge on any atom is -0.465 e. The van der Waals surface area contributed by atoms with Crippen LogP contribution in [0.5, 0.6) is 0 Å². The number of pyridine rings is 1. The highest BCUT2D eigenvalue weighted by molar-refractivity contribution is 6.31. The van der Waals surface area contributed by atoms with Gasteiger partial charge in [0.05, 0.1) is 18.2 Å². The number of nitrogens with zero attached hydrogens (tertiary/aromatic N) is 1. The Kier molecular flexibility index (Phi) is 6.24. The number of halogens is 1. The lowest BCUT2D eigenvalue weighted by Gasteiger charge is -2.09. The number of nitrogens with one attached hydrogen (secondary N) is 2. The van der Waals surface area contributed by atoms with Gasteiger partial charge in [-0.05, 0) is 48.0 Å². The molecular weight excluding hydrogens is 378 g/mol. The Morgan fingerprint density at radius 1 is 1.00 bits per heavy atom. The largest absolute Gasteiger partial charge is 0.465 e. The number of hydrogen-bond acceptors (Lipinski definition) is 5. The molecule has 0 radical (unpaired) electrons. The van der Waals surface area contributed by atoms with Crippen LogP contribution in [0.2, 0.25) is 5.02 Å². The molecule has 0 unspecified atom stereocenters. The third-order valence-electron chi connectivity index (χ3n) is 4.00. The van der Waals surface area contributed by atoms with Crippen molar-refractivity contribution in [1.29, 1.82) is 0 Å². The van der Waals surface area contributed by atoms with Crippen molar-refractivity contribution in [1.82, 2.24) is 10.3 Å². The van der Waals surface area contributed by atoms with Crippen LogP contribution in [-0.4, -0.2) is 24.0 Å². The van der Waals surface area contributed by atoms with Crippen LogP contribution in [0, 0.1) is 0 Å². The molecule has 3 rings (SSSR count). The minimum absolute atomic E-state index is 0.235. The first-order valence-electron chi connectivity index (χ1n) is 8.50. The van der Waals surface area contributed by atoms with Gasteiger partial charge in [0.15, 0.2) is 0 Å². The Morgan fingerprint density at radius 2 is 1.71 bits per heavy atom. The van der Waals surface area contributed by atoms with Crippen LogP contribution in [-0.2, 0) is 11.3 Å². The van der Waals surface area contributed by atoms with Crippen LogP contribution < -0.4 is 10.6 Å². The van der Waals surface area contributed by atoms with Gasteiger partial charge in [0, 0.05) is 23.5 Å². The predicted octanol–water partition coefficient (Wildman–Crippen LogP) is 4.20. The molecule has 1 heterocycles. The van der Waals surface area contributed by atoms with E-state index in [2.05, 4.69) is 20.4 Å². The summed E-state index contributed by atoms with van der Waals surface area (Å²) >= 11 is 6.09. The number of aromatic nitrogens is 1. The lowest BCUT2D eigenvalue weighted by molar-refractivity contribution is 0.0600. The van der Waals surface area contributed by atoms with E-state index in [9.17, 15) is 9.59 Å². The van der Waals surface area contributed by atoms with E-state index in [1.54, 1.807) is 42.5 Å². The van der Waals surface area contributed by atoms with E-state index in [0.29, 0.717) is 28.5 Å². The zero-order valence-electron chi connectivity index (χ0n) is 15.1. The Hall–Kier alpha value is -3.38. The van der Waals surface area contributed by atoms with Crippen molar-refractivity contribution in [2.24, 2.45) is 0 Å². The molecule has 0 saturated heterocycles. The number of carbonyl (C=O) groups excluding carboxylic acids is 2. The number of esters is 1. The van der Waals surface area contributed by atoms with Crippen molar-refractivity contribution >= 4 is 35.0 Å². The Bertz CT molecular complexity index is 973. The Balaban J connectivity index is 1.59. The molecule has 0 aliphatic carbocycles. The van der Waals surface area contributed by atoms with E-state index in [-0.39, 0.29) is 5.91 Å².